The molecule has 0 aliphatic rings. The Bertz CT molecular complexity index is 1420. The molecule has 0 saturated carbocycles. The van der Waals surface area contributed by atoms with Crippen LogP contribution in [0.3, 0.4) is 0 Å². The Labute approximate surface area is 216 Å². The van der Waals surface area contributed by atoms with E-state index in [1.54, 1.807) is 37.2 Å². The molecule has 0 aliphatic heterocycles. The summed E-state index contributed by atoms with van der Waals surface area (Å²) in [6.07, 6.45) is 1.78. The van der Waals surface area contributed by atoms with Crippen LogP contribution in [0, 0.1) is 20.8 Å². The van der Waals surface area contributed by atoms with Gasteiger partial charge in [-0.05, 0) is 61.7 Å². The highest BCUT2D eigenvalue weighted by Crippen LogP contribution is 2.34. The molecule has 4 rings (SSSR count). The Morgan fingerprint density at radius 2 is 1.57 bits per heavy atom. The molecule has 0 fully saturated rings. The fourth-order valence-electron chi connectivity index (χ4n) is 4.27. The van der Waals surface area contributed by atoms with Gasteiger partial charge in [-0.15, -0.1) is 0 Å². The van der Waals surface area contributed by atoms with Crippen LogP contribution < -0.4 is 20.1 Å². The SMILES string of the molecule is COc1ccc(-c2cn(-c3ccccc3)nc2C(=O)NCC(=O)Nc2c(C)cc(C)cc2C)cc1OC. The summed E-state index contributed by atoms with van der Waals surface area (Å²) in [5, 5.41) is 10.2. The number of anilines is 1. The van der Waals surface area contributed by atoms with Gasteiger partial charge in [0.05, 0.1) is 26.5 Å². The van der Waals surface area contributed by atoms with Crippen LogP contribution in [-0.2, 0) is 4.79 Å². The lowest BCUT2D eigenvalue weighted by molar-refractivity contribution is -0.115. The molecule has 3 aromatic carbocycles. The molecule has 190 valence electrons. The molecular formula is C29H30N4O4. The number of rotatable bonds is 8. The first-order chi connectivity index (χ1) is 17.8. The summed E-state index contributed by atoms with van der Waals surface area (Å²) in [7, 11) is 3.12. The normalized spacial score (nSPS) is 10.6. The summed E-state index contributed by atoms with van der Waals surface area (Å²) >= 11 is 0. The van der Waals surface area contributed by atoms with Crippen LogP contribution in [0.15, 0.2) is 66.9 Å². The second kappa shape index (κ2) is 11.0. The van der Waals surface area contributed by atoms with E-state index >= 15 is 0 Å². The zero-order valence-corrected chi connectivity index (χ0v) is 21.6. The highest BCUT2D eigenvalue weighted by atomic mass is 16.5. The number of aromatic nitrogens is 2. The van der Waals surface area contributed by atoms with Gasteiger partial charge in [0.25, 0.3) is 5.91 Å². The molecule has 8 heteroatoms. The lowest BCUT2D eigenvalue weighted by atomic mass is 10.0. The third-order valence-electron chi connectivity index (χ3n) is 6.00. The summed E-state index contributed by atoms with van der Waals surface area (Å²) in [4.78, 5) is 26.0. The standard InChI is InChI=1S/C29H30N4O4/c1-18-13-19(2)27(20(3)14-18)31-26(34)16-30-29(35)28-23(17-33(32-28)22-9-7-6-8-10-22)21-11-12-24(36-4)25(15-21)37-5/h6-15,17H,16H2,1-5H3,(H,30,35)(H,31,34). The summed E-state index contributed by atoms with van der Waals surface area (Å²) in [5.74, 6) is 0.318. The summed E-state index contributed by atoms with van der Waals surface area (Å²) in [5.41, 5.74) is 6.11. The summed E-state index contributed by atoms with van der Waals surface area (Å²) in [6, 6.07) is 18.9. The van der Waals surface area contributed by atoms with Crippen molar-refractivity contribution in [1.29, 1.82) is 0 Å². The van der Waals surface area contributed by atoms with Gasteiger partial charge in [0.15, 0.2) is 17.2 Å². The van der Waals surface area contributed by atoms with E-state index < -0.39 is 5.91 Å². The molecule has 0 unspecified atom stereocenters. The number of carbonyl (C=O) groups excluding carboxylic acids is 2. The van der Waals surface area contributed by atoms with Crippen molar-refractivity contribution in [2.24, 2.45) is 0 Å². The first kappa shape index (κ1) is 25.5. The average Bonchev–Trinajstić information content (AvgIpc) is 3.35. The van der Waals surface area contributed by atoms with Crippen LogP contribution in [-0.4, -0.2) is 42.4 Å². The first-order valence-electron chi connectivity index (χ1n) is 11.8. The maximum absolute atomic E-state index is 13.3. The van der Waals surface area contributed by atoms with E-state index in [0.29, 0.717) is 17.1 Å². The van der Waals surface area contributed by atoms with Gasteiger partial charge in [0.1, 0.15) is 0 Å². The third kappa shape index (κ3) is 5.64. The second-order valence-corrected chi connectivity index (χ2v) is 8.75. The van der Waals surface area contributed by atoms with Crippen molar-refractivity contribution in [3.63, 3.8) is 0 Å². The smallest absolute Gasteiger partial charge is 0.272 e. The van der Waals surface area contributed by atoms with Crippen LogP contribution in [0.5, 0.6) is 11.5 Å². The minimum Gasteiger partial charge on any atom is -0.493 e. The van der Waals surface area contributed by atoms with Crippen molar-refractivity contribution in [3.8, 4) is 28.3 Å². The second-order valence-electron chi connectivity index (χ2n) is 8.75. The van der Waals surface area contributed by atoms with Gasteiger partial charge in [0, 0.05) is 17.4 Å². The Kier molecular flexibility index (Phi) is 7.57. The van der Waals surface area contributed by atoms with Crippen molar-refractivity contribution in [1.82, 2.24) is 15.1 Å². The number of hydrogen-bond acceptors (Lipinski definition) is 5. The molecule has 1 aromatic heterocycles. The van der Waals surface area contributed by atoms with E-state index in [1.807, 2.05) is 69.3 Å². The Balaban J connectivity index is 1.60. The molecule has 0 saturated heterocycles. The highest BCUT2D eigenvalue weighted by Gasteiger charge is 2.21. The van der Waals surface area contributed by atoms with Crippen molar-refractivity contribution in [3.05, 3.63) is 89.2 Å². The van der Waals surface area contributed by atoms with E-state index in [0.717, 1.165) is 33.6 Å². The number of methoxy groups -OCH3 is 2. The van der Waals surface area contributed by atoms with E-state index in [4.69, 9.17) is 9.47 Å². The Morgan fingerprint density at radius 3 is 2.22 bits per heavy atom. The van der Waals surface area contributed by atoms with Crippen LogP contribution >= 0.6 is 0 Å². The molecule has 0 atom stereocenters. The third-order valence-corrected chi connectivity index (χ3v) is 6.00. The van der Waals surface area contributed by atoms with Gasteiger partial charge < -0.3 is 20.1 Å². The maximum Gasteiger partial charge on any atom is 0.272 e. The molecule has 37 heavy (non-hydrogen) atoms. The van der Waals surface area contributed by atoms with E-state index in [9.17, 15) is 9.59 Å². The molecule has 0 radical (unpaired) electrons. The Hall–Kier alpha value is -4.59. The van der Waals surface area contributed by atoms with Crippen molar-refractivity contribution >= 4 is 17.5 Å². The number of nitrogens with zero attached hydrogens (tertiary/aromatic N) is 2. The van der Waals surface area contributed by atoms with E-state index in [-0.39, 0.29) is 18.1 Å². The van der Waals surface area contributed by atoms with Gasteiger partial charge in [-0.1, -0.05) is 42.0 Å². The number of aryl methyl sites for hydroxylation is 3. The van der Waals surface area contributed by atoms with Crippen LogP contribution in [0.4, 0.5) is 5.69 Å². The fourth-order valence-corrected chi connectivity index (χ4v) is 4.27. The van der Waals surface area contributed by atoms with Crippen LogP contribution in [0.25, 0.3) is 16.8 Å². The Morgan fingerprint density at radius 1 is 0.892 bits per heavy atom. The maximum atomic E-state index is 13.3. The number of para-hydroxylation sites is 1. The monoisotopic (exact) mass is 498 g/mol. The zero-order valence-electron chi connectivity index (χ0n) is 21.6. The minimum atomic E-state index is -0.466. The lowest BCUT2D eigenvalue weighted by Gasteiger charge is -2.13. The summed E-state index contributed by atoms with van der Waals surface area (Å²) in [6.45, 7) is 5.70. The number of amides is 2. The van der Waals surface area contributed by atoms with Gasteiger partial charge >= 0.3 is 0 Å². The molecule has 0 aliphatic carbocycles. The number of hydrogen-bond donors (Lipinski definition) is 2. The molecule has 2 amide bonds. The van der Waals surface area contributed by atoms with E-state index in [1.165, 1.54) is 0 Å². The summed E-state index contributed by atoms with van der Waals surface area (Å²) < 4.78 is 12.4. The predicted molar refractivity (Wildman–Crippen MR) is 144 cm³/mol. The zero-order chi connectivity index (χ0) is 26.5. The molecule has 2 N–H and O–H groups in total. The average molecular weight is 499 g/mol. The molecule has 0 bridgehead atoms. The largest absolute Gasteiger partial charge is 0.493 e. The number of benzene rings is 3. The van der Waals surface area contributed by atoms with Crippen LogP contribution in [0.1, 0.15) is 27.2 Å². The predicted octanol–water partition coefficient (Wildman–Crippen LogP) is 4.85. The van der Waals surface area contributed by atoms with E-state index in [2.05, 4.69) is 15.7 Å². The van der Waals surface area contributed by atoms with Gasteiger partial charge in [-0.3, -0.25) is 9.59 Å². The molecule has 4 aromatic rings. The molecular weight excluding hydrogens is 468 g/mol. The van der Waals surface area contributed by atoms with Crippen molar-refractivity contribution < 1.29 is 19.1 Å². The van der Waals surface area contributed by atoms with Crippen molar-refractivity contribution in [2.75, 3.05) is 26.1 Å². The van der Waals surface area contributed by atoms with Gasteiger partial charge in [0.2, 0.25) is 5.91 Å². The molecule has 1 heterocycles. The first-order valence-corrected chi connectivity index (χ1v) is 11.8. The van der Waals surface area contributed by atoms with Gasteiger partial charge in [-0.25, -0.2) is 4.68 Å². The fraction of sp³-hybridized carbons (Fsp3) is 0.207. The number of nitrogens with one attached hydrogen (secondary N) is 2. The molecule has 8 nitrogen and oxygen atoms in total. The topological polar surface area (TPSA) is 94.5 Å². The quantitative estimate of drug-likeness (QED) is 0.362. The number of carbonyl (C=O) groups is 2. The minimum absolute atomic E-state index is 0.187. The highest BCUT2D eigenvalue weighted by molar-refractivity contribution is 6.02. The lowest BCUT2D eigenvalue weighted by Crippen LogP contribution is -2.33. The number of ether oxygens (including phenoxy) is 2. The van der Waals surface area contributed by atoms with Crippen LogP contribution in [0.2, 0.25) is 0 Å². The van der Waals surface area contributed by atoms with Gasteiger partial charge in [-0.2, -0.15) is 5.10 Å². The van der Waals surface area contributed by atoms with Crippen molar-refractivity contribution in [2.45, 2.75) is 20.8 Å². The molecule has 0 spiro atoms.